The second-order valence-corrected chi connectivity index (χ2v) is 8.51. The molecule has 0 saturated carbocycles. The van der Waals surface area contributed by atoms with E-state index in [2.05, 4.69) is 12.2 Å². The summed E-state index contributed by atoms with van der Waals surface area (Å²) in [7, 11) is 2.99. The Labute approximate surface area is 190 Å². The van der Waals surface area contributed by atoms with Crippen molar-refractivity contribution in [1.29, 1.82) is 0 Å². The number of likely N-dealkylation sites (tertiary alicyclic amines) is 2. The van der Waals surface area contributed by atoms with Gasteiger partial charge in [0, 0.05) is 37.7 Å². The molecule has 2 atom stereocenters. The molecule has 2 aliphatic heterocycles. The van der Waals surface area contributed by atoms with Crippen molar-refractivity contribution in [3.63, 3.8) is 0 Å². The van der Waals surface area contributed by atoms with Crippen LogP contribution < -0.4 is 10.1 Å². The molecule has 8 heteroatoms. The molecule has 2 heterocycles. The van der Waals surface area contributed by atoms with Gasteiger partial charge in [-0.05, 0) is 31.7 Å². The highest BCUT2D eigenvalue weighted by Crippen LogP contribution is 2.41. The van der Waals surface area contributed by atoms with E-state index in [4.69, 9.17) is 9.47 Å². The number of hydrogen-bond donors (Lipinski definition) is 1. The SMILES string of the molecule is CCCCN1C(=O)CCC(C(=O)NC2CCN(C(=O)OC)CC2)C1c1ccccc1OC. The minimum Gasteiger partial charge on any atom is -0.496 e. The predicted octanol–water partition coefficient (Wildman–Crippen LogP) is 3.12. The van der Waals surface area contributed by atoms with Gasteiger partial charge in [0.2, 0.25) is 11.8 Å². The van der Waals surface area contributed by atoms with Gasteiger partial charge in [-0.1, -0.05) is 31.5 Å². The molecule has 1 N–H and O–H groups in total. The maximum Gasteiger partial charge on any atom is 0.409 e. The highest BCUT2D eigenvalue weighted by atomic mass is 16.5. The van der Waals surface area contributed by atoms with Crippen LogP contribution in [0.1, 0.15) is 57.1 Å². The molecular formula is C24H35N3O5. The number of ether oxygens (including phenoxy) is 2. The number of carbonyl (C=O) groups excluding carboxylic acids is 3. The van der Waals surface area contributed by atoms with Crippen LogP contribution in [0.3, 0.4) is 0 Å². The molecule has 0 radical (unpaired) electrons. The van der Waals surface area contributed by atoms with E-state index in [-0.39, 0.29) is 35.9 Å². The summed E-state index contributed by atoms with van der Waals surface area (Å²) in [6.07, 6.45) is 3.78. The monoisotopic (exact) mass is 445 g/mol. The Hall–Kier alpha value is -2.77. The van der Waals surface area contributed by atoms with Crippen LogP contribution in [0, 0.1) is 5.92 Å². The summed E-state index contributed by atoms with van der Waals surface area (Å²) < 4.78 is 10.4. The third-order valence-electron chi connectivity index (χ3n) is 6.53. The number of benzene rings is 1. The number of carbonyl (C=O) groups is 3. The van der Waals surface area contributed by atoms with E-state index in [0.717, 1.165) is 18.4 Å². The minimum absolute atomic E-state index is 0.00319. The fourth-order valence-corrected chi connectivity index (χ4v) is 4.76. The van der Waals surface area contributed by atoms with Crippen molar-refractivity contribution < 1.29 is 23.9 Å². The van der Waals surface area contributed by atoms with Gasteiger partial charge in [-0.25, -0.2) is 4.79 Å². The molecule has 0 bridgehead atoms. The maximum atomic E-state index is 13.5. The van der Waals surface area contributed by atoms with Crippen LogP contribution >= 0.6 is 0 Å². The standard InChI is InChI=1S/C24H35N3O5/c1-4-5-14-27-21(28)11-10-19(22(27)18-8-6-7-9-20(18)31-2)23(29)25-17-12-15-26(16-13-17)24(30)32-3/h6-9,17,19,22H,4-5,10-16H2,1-3H3,(H,25,29). The van der Waals surface area contributed by atoms with E-state index >= 15 is 0 Å². The number of piperidine rings is 2. The predicted molar refractivity (Wildman–Crippen MR) is 120 cm³/mol. The lowest BCUT2D eigenvalue weighted by molar-refractivity contribution is -0.143. The molecule has 2 fully saturated rings. The zero-order valence-electron chi connectivity index (χ0n) is 19.3. The Kier molecular flexibility index (Phi) is 8.36. The summed E-state index contributed by atoms with van der Waals surface area (Å²) in [5.74, 6) is 0.397. The molecule has 3 amide bonds. The smallest absolute Gasteiger partial charge is 0.409 e. The van der Waals surface area contributed by atoms with Gasteiger partial charge in [0.15, 0.2) is 0 Å². The van der Waals surface area contributed by atoms with Crippen LogP contribution in [-0.4, -0.2) is 67.6 Å². The zero-order valence-corrected chi connectivity index (χ0v) is 19.3. The molecule has 0 aromatic heterocycles. The minimum atomic E-state index is -0.353. The van der Waals surface area contributed by atoms with Crippen molar-refractivity contribution in [2.45, 2.75) is 57.5 Å². The third-order valence-corrected chi connectivity index (χ3v) is 6.53. The molecule has 2 aliphatic rings. The van der Waals surface area contributed by atoms with E-state index in [9.17, 15) is 14.4 Å². The second-order valence-electron chi connectivity index (χ2n) is 8.51. The fourth-order valence-electron chi connectivity index (χ4n) is 4.76. The molecule has 0 aliphatic carbocycles. The van der Waals surface area contributed by atoms with E-state index in [1.807, 2.05) is 29.2 Å². The van der Waals surface area contributed by atoms with Crippen molar-refractivity contribution in [3.8, 4) is 5.75 Å². The Morgan fingerprint density at radius 1 is 1.12 bits per heavy atom. The summed E-state index contributed by atoms with van der Waals surface area (Å²) in [4.78, 5) is 41.6. The average molecular weight is 446 g/mol. The fraction of sp³-hybridized carbons (Fsp3) is 0.625. The van der Waals surface area contributed by atoms with Crippen LogP contribution in [0.15, 0.2) is 24.3 Å². The Balaban J connectivity index is 1.79. The topological polar surface area (TPSA) is 88.2 Å². The summed E-state index contributed by atoms with van der Waals surface area (Å²) >= 11 is 0. The molecule has 2 saturated heterocycles. The van der Waals surface area contributed by atoms with Crippen molar-refractivity contribution >= 4 is 17.9 Å². The van der Waals surface area contributed by atoms with Crippen LogP contribution in [0.25, 0.3) is 0 Å². The summed E-state index contributed by atoms with van der Waals surface area (Å²) in [5.41, 5.74) is 0.875. The molecule has 3 rings (SSSR count). The van der Waals surface area contributed by atoms with E-state index in [0.29, 0.717) is 51.1 Å². The number of methoxy groups -OCH3 is 2. The van der Waals surface area contributed by atoms with Gasteiger partial charge in [-0.15, -0.1) is 0 Å². The van der Waals surface area contributed by atoms with E-state index in [1.165, 1.54) is 7.11 Å². The lowest BCUT2D eigenvalue weighted by atomic mass is 9.82. The largest absolute Gasteiger partial charge is 0.496 e. The lowest BCUT2D eigenvalue weighted by Gasteiger charge is -2.42. The number of unbranched alkanes of at least 4 members (excludes halogenated alkanes) is 1. The molecule has 1 aromatic carbocycles. The number of para-hydroxylation sites is 1. The summed E-state index contributed by atoms with van der Waals surface area (Å²) in [5, 5.41) is 3.20. The van der Waals surface area contributed by atoms with Gasteiger partial charge in [-0.3, -0.25) is 9.59 Å². The first kappa shape index (κ1) is 23.9. The number of amides is 3. The van der Waals surface area contributed by atoms with E-state index < -0.39 is 0 Å². The van der Waals surface area contributed by atoms with Gasteiger partial charge in [-0.2, -0.15) is 0 Å². The Morgan fingerprint density at radius 3 is 2.50 bits per heavy atom. The number of rotatable bonds is 7. The molecule has 32 heavy (non-hydrogen) atoms. The van der Waals surface area contributed by atoms with Crippen LogP contribution in [0.4, 0.5) is 4.79 Å². The van der Waals surface area contributed by atoms with Crippen LogP contribution in [-0.2, 0) is 14.3 Å². The van der Waals surface area contributed by atoms with Crippen molar-refractivity contribution in [2.24, 2.45) is 5.92 Å². The molecular weight excluding hydrogens is 410 g/mol. The zero-order chi connectivity index (χ0) is 23.1. The quantitative estimate of drug-likeness (QED) is 0.697. The number of hydrogen-bond acceptors (Lipinski definition) is 5. The van der Waals surface area contributed by atoms with Gasteiger partial charge < -0.3 is 24.6 Å². The normalized spacial score (nSPS) is 21.9. The van der Waals surface area contributed by atoms with Gasteiger partial charge in [0.1, 0.15) is 5.75 Å². The molecule has 1 aromatic rings. The number of nitrogens with one attached hydrogen (secondary N) is 1. The first-order chi connectivity index (χ1) is 15.5. The van der Waals surface area contributed by atoms with Crippen LogP contribution in [0.2, 0.25) is 0 Å². The highest BCUT2D eigenvalue weighted by Gasteiger charge is 2.42. The molecule has 0 spiro atoms. The average Bonchev–Trinajstić information content (AvgIpc) is 2.82. The van der Waals surface area contributed by atoms with Gasteiger partial charge in [0.25, 0.3) is 0 Å². The van der Waals surface area contributed by atoms with Gasteiger partial charge >= 0.3 is 6.09 Å². The molecule has 2 unspecified atom stereocenters. The first-order valence-electron chi connectivity index (χ1n) is 11.6. The third kappa shape index (κ3) is 5.34. The summed E-state index contributed by atoms with van der Waals surface area (Å²) in [6.45, 7) is 3.83. The van der Waals surface area contributed by atoms with E-state index in [1.54, 1.807) is 12.0 Å². The Morgan fingerprint density at radius 2 is 1.84 bits per heavy atom. The second kappa shape index (κ2) is 11.2. The molecule has 8 nitrogen and oxygen atoms in total. The van der Waals surface area contributed by atoms with Crippen molar-refractivity contribution in [1.82, 2.24) is 15.1 Å². The van der Waals surface area contributed by atoms with Crippen molar-refractivity contribution in [2.75, 3.05) is 33.9 Å². The van der Waals surface area contributed by atoms with Crippen molar-refractivity contribution in [3.05, 3.63) is 29.8 Å². The van der Waals surface area contributed by atoms with Gasteiger partial charge in [0.05, 0.1) is 26.2 Å². The lowest BCUT2D eigenvalue weighted by Crippen LogP contribution is -2.52. The number of nitrogens with zero attached hydrogens (tertiary/aromatic N) is 2. The highest BCUT2D eigenvalue weighted by molar-refractivity contribution is 5.85. The maximum absolute atomic E-state index is 13.5. The first-order valence-corrected chi connectivity index (χ1v) is 11.6. The summed E-state index contributed by atoms with van der Waals surface area (Å²) in [6, 6.07) is 7.30. The molecule has 176 valence electrons. The van der Waals surface area contributed by atoms with Crippen LogP contribution in [0.5, 0.6) is 5.75 Å². The Bertz CT molecular complexity index is 807.